The number of hydrogen-bond donors (Lipinski definition) is 1. The number of ether oxygens (including phenoxy) is 1. The molecule has 4 rings (SSSR count). The Balaban J connectivity index is 1.84. The Labute approximate surface area is 139 Å². The van der Waals surface area contributed by atoms with E-state index in [0.717, 1.165) is 28.8 Å². The van der Waals surface area contributed by atoms with E-state index in [-0.39, 0.29) is 12.7 Å². The third kappa shape index (κ3) is 2.81. The first-order valence-corrected chi connectivity index (χ1v) is 8.00. The lowest BCUT2D eigenvalue weighted by atomic mass is 10.2. The Morgan fingerprint density at radius 2 is 2.08 bits per heavy atom. The number of pyridine rings is 1. The number of morpholine rings is 1. The van der Waals surface area contributed by atoms with E-state index in [0.29, 0.717) is 19.0 Å². The third-order valence-corrected chi connectivity index (χ3v) is 4.14. The van der Waals surface area contributed by atoms with Crippen molar-refractivity contribution in [3.05, 3.63) is 48.8 Å². The van der Waals surface area contributed by atoms with E-state index in [9.17, 15) is 5.11 Å². The summed E-state index contributed by atoms with van der Waals surface area (Å²) < 4.78 is 5.56. The van der Waals surface area contributed by atoms with Crippen LogP contribution in [0.4, 0.5) is 5.82 Å². The Bertz CT molecular complexity index is 841. The zero-order valence-corrected chi connectivity index (χ0v) is 13.2. The molecule has 3 aromatic rings. The number of fused-ring (bicyclic) bond motifs is 1. The van der Waals surface area contributed by atoms with Gasteiger partial charge in [0.15, 0.2) is 5.82 Å². The molecule has 2 aromatic heterocycles. The first-order chi connectivity index (χ1) is 11.8. The van der Waals surface area contributed by atoms with Gasteiger partial charge >= 0.3 is 0 Å². The fourth-order valence-electron chi connectivity index (χ4n) is 2.95. The van der Waals surface area contributed by atoms with Crippen molar-refractivity contribution < 1.29 is 9.84 Å². The smallest absolute Gasteiger partial charge is 0.163 e. The minimum atomic E-state index is -0.186. The first-order valence-electron chi connectivity index (χ1n) is 8.00. The van der Waals surface area contributed by atoms with Crippen molar-refractivity contribution in [1.29, 1.82) is 0 Å². The fraction of sp³-hybridized carbons (Fsp3) is 0.278. The SMILES string of the molecule is OC[C@@H]1CN(c2nc(-c3cccnc3)nc3ccccc23)CCO1. The van der Waals surface area contributed by atoms with Gasteiger partial charge < -0.3 is 14.7 Å². The molecule has 3 heterocycles. The lowest BCUT2D eigenvalue weighted by Crippen LogP contribution is -2.44. The van der Waals surface area contributed by atoms with Gasteiger partial charge in [0.25, 0.3) is 0 Å². The first kappa shape index (κ1) is 15.0. The van der Waals surface area contributed by atoms with Crippen LogP contribution in [0, 0.1) is 0 Å². The van der Waals surface area contributed by atoms with Gasteiger partial charge in [0.05, 0.1) is 24.8 Å². The maximum Gasteiger partial charge on any atom is 0.163 e. The standard InChI is InChI=1S/C18H18N4O2/c23-12-14-11-22(8-9-24-14)18-15-5-1-2-6-16(15)20-17(21-18)13-4-3-7-19-10-13/h1-7,10,14,23H,8-9,11-12H2/t14-/m0/s1. The molecular formula is C18H18N4O2. The predicted octanol–water partition coefficient (Wildman–Crippen LogP) is 1.89. The third-order valence-electron chi connectivity index (χ3n) is 4.14. The Hall–Kier alpha value is -2.57. The summed E-state index contributed by atoms with van der Waals surface area (Å²) in [5, 5.41) is 10.4. The highest BCUT2D eigenvalue weighted by atomic mass is 16.5. The van der Waals surface area contributed by atoms with Crippen molar-refractivity contribution >= 4 is 16.7 Å². The Morgan fingerprint density at radius 1 is 1.17 bits per heavy atom. The topological polar surface area (TPSA) is 71.4 Å². The molecule has 6 heteroatoms. The number of benzene rings is 1. The molecule has 1 fully saturated rings. The molecule has 0 radical (unpaired) electrons. The number of nitrogens with zero attached hydrogens (tertiary/aromatic N) is 4. The summed E-state index contributed by atoms with van der Waals surface area (Å²) in [5.41, 5.74) is 1.78. The highest BCUT2D eigenvalue weighted by Crippen LogP contribution is 2.28. The van der Waals surface area contributed by atoms with E-state index < -0.39 is 0 Å². The summed E-state index contributed by atoms with van der Waals surface area (Å²) in [4.78, 5) is 15.8. The average molecular weight is 322 g/mol. The summed E-state index contributed by atoms with van der Waals surface area (Å²) >= 11 is 0. The van der Waals surface area contributed by atoms with Gasteiger partial charge in [0, 0.05) is 36.4 Å². The number of aliphatic hydroxyl groups is 1. The van der Waals surface area contributed by atoms with Gasteiger partial charge in [-0.05, 0) is 24.3 Å². The molecule has 122 valence electrons. The number of rotatable bonds is 3. The lowest BCUT2D eigenvalue weighted by molar-refractivity contribution is 0.00344. The predicted molar refractivity (Wildman–Crippen MR) is 91.8 cm³/mol. The van der Waals surface area contributed by atoms with Gasteiger partial charge in [-0.1, -0.05) is 12.1 Å². The molecule has 0 aliphatic carbocycles. The molecule has 1 aliphatic heterocycles. The molecule has 1 atom stereocenters. The van der Waals surface area contributed by atoms with Crippen LogP contribution in [0.15, 0.2) is 48.8 Å². The zero-order chi connectivity index (χ0) is 16.4. The number of hydrogen-bond acceptors (Lipinski definition) is 6. The summed E-state index contributed by atoms with van der Waals surface area (Å²) in [5.74, 6) is 1.53. The Morgan fingerprint density at radius 3 is 2.92 bits per heavy atom. The minimum absolute atomic E-state index is 0.00891. The largest absolute Gasteiger partial charge is 0.394 e. The van der Waals surface area contributed by atoms with Crippen LogP contribution in [0.2, 0.25) is 0 Å². The maximum absolute atomic E-state index is 9.41. The average Bonchev–Trinajstić information content (AvgIpc) is 2.68. The molecule has 1 N–H and O–H groups in total. The summed E-state index contributed by atoms with van der Waals surface area (Å²) in [6.45, 7) is 1.94. The molecule has 1 saturated heterocycles. The van der Waals surface area contributed by atoms with Crippen LogP contribution in [0.3, 0.4) is 0 Å². The van der Waals surface area contributed by atoms with E-state index in [4.69, 9.17) is 9.72 Å². The van der Waals surface area contributed by atoms with Gasteiger partial charge in [0.1, 0.15) is 5.82 Å². The molecule has 24 heavy (non-hydrogen) atoms. The second kappa shape index (κ2) is 6.51. The quantitative estimate of drug-likeness (QED) is 0.794. The van der Waals surface area contributed by atoms with E-state index in [1.807, 2.05) is 36.4 Å². The second-order valence-electron chi connectivity index (χ2n) is 5.75. The molecule has 0 unspecified atom stereocenters. The minimum Gasteiger partial charge on any atom is -0.394 e. The summed E-state index contributed by atoms with van der Waals surface area (Å²) in [6.07, 6.45) is 3.32. The van der Waals surface area contributed by atoms with Crippen LogP contribution in [-0.4, -0.2) is 52.5 Å². The molecule has 0 bridgehead atoms. The number of aromatic nitrogens is 3. The van der Waals surface area contributed by atoms with Crippen LogP contribution in [0.25, 0.3) is 22.3 Å². The maximum atomic E-state index is 9.41. The molecule has 1 aliphatic rings. The number of para-hydroxylation sites is 1. The van der Waals surface area contributed by atoms with Gasteiger partial charge in [-0.3, -0.25) is 4.98 Å². The monoisotopic (exact) mass is 322 g/mol. The molecule has 1 aromatic carbocycles. The van der Waals surface area contributed by atoms with Crippen molar-refractivity contribution in [3.8, 4) is 11.4 Å². The van der Waals surface area contributed by atoms with Crippen molar-refractivity contribution in [2.24, 2.45) is 0 Å². The van der Waals surface area contributed by atoms with Crippen LogP contribution in [0.5, 0.6) is 0 Å². The van der Waals surface area contributed by atoms with Gasteiger partial charge in [-0.2, -0.15) is 0 Å². The summed E-state index contributed by atoms with van der Waals surface area (Å²) in [7, 11) is 0. The molecule has 6 nitrogen and oxygen atoms in total. The van der Waals surface area contributed by atoms with Crippen molar-refractivity contribution in [2.45, 2.75) is 6.10 Å². The van der Waals surface area contributed by atoms with Crippen molar-refractivity contribution in [1.82, 2.24) is 15.0 Å². The molecule has 0 spiro atoms. The van der Waals surface area contributed by atoms with Gasteiger partial charge in [-0.15, -0.1) is 0 Å². The normalized spacial score (nSPS) is 18.0. The summed E-state index contributed by atoms with van der Waals surface area (Å²) in [6, 6.07) is 11.8. The number of aliphatic hydroxyl groups excluding tert-OH is 1. The fourth-order valence-corrected chi connectivity index (χ4v) is 2.95. The van der Waals surface area contributed by atoms with E-state index in [1.165, 1.54) is 0 Å². The highest BCUT2D eigenvalue weighted by molar-refractivity contribution is 5.91. The van der Waals surface area contributed by atoms with Crippen LogP contribution < -0.4 is 4.90 Å². The van der Waals surface area contributed by atoms with Crippen molar-refractivity contribution in [2.75, 3.05) is 31.2 Å². The molecule has 0 saturated carbocycles. The Kier molecular flexibility index (Phi) is 4.06. The van der Waals surface area contributed by atoms with Crippen LogP contribution in [0.1, 0.15) is 0 Å². The number of anilines is 1. The van der Waals surface area contributed by atoms with Crippen molar-refractivity contribution in [3.63, 3.8) is 0 Å². The highest BCUT2D eigenvalue weighted by Gasteiger charge is 2.23. The van der Waals surface area contributed by atoms with Gasteiger partial charge in [-0.25, -0.2) is 9.97 Å². The van der Waals surface area contributed by atoms with Gasteiger partial charge in [0.2, 0.25) is 0 Å². The molecular weight excluding hydrogens is 304 g/mol. The van der Waals surface area contributed by atoms with E-state index in [1.54, 1.807) is 12.4 Å². The zero-order valence-electron chi connectivity index (χ0n) is 13.2. The second-order valence-corrected chi connectivity index (χ2v) is 5.75. The lowest BCUT2D eigenvalue weighted by Gasteiger charge is -2.33. The van der Waals surface area contributed by atoms with E-state index >= 15 is 0 Å². The van der Waals surface area contributed by atoms with Crippen LogP contribution >= 0.6 is 0 Å². The van der Waals surface area contributed by atoms with E-state index in [2.05, 4.69) is 14.9 Å². The molecule has 0 amide bonds. The van der Waals surface area contributed by atoms with Crippen LogP contribution in [-0.2, 0) is 4.74 Å².